The fourth-order valence-electron chi connectivity index (χ4n) is 3.76. The van der Waals surface area contributed by atoms with Crippen LogP contribution in [0.4, 0.5) is 27.6 Å². The monoisotopic (exact) mass is 522 g/mol. The number of nitrogens with one attached hydrogen (secondary N) is 3. The van der Waals surface area contributed by atoms with Crippen molar-refractivity contribution in [2.45, 2.75) is 18.1 Å². The molecule has 1 saturated heterocycles. The molecule has 1 aromatic heterocycles. The van der Waals surface area contributed by atoms with Crippen LogP contribution >= 0.6 is 23.2 Å². The Balaban J connectivity index is 1.76. The van der Waals surface area contributed by atoms with Gasteiger partial charge in [-0.05, 0) is 37.2 Å². The number of ether oxygens (including phenoxy) is 1. The molecule has 2 aromatic carbocycles. The Bertz CT molecular complexity index is 1360. The third-order valence-corrected chi connectivity index (χ3v) is 6.03. The molecule has 3 N–H and O–H groups in total. The Morgan fingerprint density at radius 1 is 1.18 bits per heavy atom. The van der Waals surface area contributed by atoms with E-state index in [1.165, 1.54) is 12.1 Å². The van der Waals surface area contributed by atoms with Gasteiger partial charge in [-0.3, -0.25) is 9.78 Å². The van der Waals surface area contributed by atoms with Crippen molar-refractivity contribution in [1.82, 2.24) is 15.3 Å². The van der Waals surface area contributed by atoms with Crippen molar-refractivity contribution < 1.29 is 31.5 Å². The topological polar surface area (TPSA) is 96.1 Å². The quantitative estimate of drug-likeness (QED) is 0.269. The highest BCUT2D eigenvalue weighted by atomic mass is 35.5. The standard InChI is InChI=1S/C20H13Cl2F5N4O3/c21-10-1-2-11(23)13(14(10)22)19(3-4-28-7-19)31-8-5-9-15(12(24)6-8)29-18(30-16(9)32)34-17(33)20(25,26)27/h1-2,5-6,28,31H,3-4,7H2,(H,29,30,32)/t19-/m1/s1. The molecule has 1 aliphatic heterocycles. The second-order valence-corrected chi connectivity index (χ2v) is 8.25. The van der Waals surface area contributed by atoms with E-state index in [1.807, 2.05) is 4.98 Å². The minimum absolute atomic E-state index is 0.0326. The number of fused-ring (bicyclic) bond motifs is 1. The largest absolute Gasteiger partial charge is 0.491 e. The molecular weight excluding hydrogens is 510 g/mol. The summed E-state index contributed by atoms with van der Waals surface area (Å²) in [5.41, 5.74) is -2.77. The number of hydrogen-bond donors (Lipinski definition) is 3. The predicted molar refractivity (Wildman–Crippen MR) is 113 cm³/mol. The summed E-state index contributed by atoms with van der Waals surface area (Å²) in [4.78, 5) is 28.7. The summed E-state index contributed by atoms with van der Waals surface area (Å²) in [5.74, 6) is -4.39. The summed E-state index contributed by atoms with van der Waals surface area (Å²) in [6.45, 7) is 0.645. The van der Waals surface area contributed by atoms with Crippen LogP contribution in [0.25, 0.3) is 10.9 Å². The van der Waals surface area contributed by atoms with Gasteiger partial charge in [-0.25, -0.2) is 13.6 Å². The van der Waals surface area contributed by atoms with E-state index in [9.17, 15) is 31.5 Å². The second kappa shape index (κ2) is 8.67. The van der Waals surface area contributed by atoms with Crippen molar-refractivity contribution in [2.24, 2.45) is 0 Å². The predicted octanol–water partition coefficient (Wildman–Crippen LogP) is 4.28. The molecule has 0 unspecified atom stereocenters. The normalized spacial score (nSPS) is 18.3. The summed E-state index contributed by atoms with van der Waals surface area (Å²) in [6, 6.07) is 3.41. The molecule has 4 rings (SSSR count). The number of esters is 1. The molecule has 0 saturated carbocycles. The number of aromatic nitrogens is 2. The highest BCUT2D eigenvalue weighted by Crippen LogP contribution is 2.41. The Morgan fingerprint density at radius 3 is 2.56 bits per heavy atom. The molecule has 7 nitrogen and oxygen atoms in total. The number of carbonyl (C=O) groups excluding carboxylic acids is 1. The van der Waals surface area contributed by atoms with E-state index < -0.39 is 46.4 Å². The van der Waals surface area contributed by atoms with Crippen molar-refractivity contribution in [3.05, 3.63) is 61.9 Å². The van der Waals surface area contributed by atoms with Crippen LogP contribution in [0.3, 0.4) is 0 Å². The van der Waals surface area contributed by atoms with Gasteiger partial charge in [0.25, 0.3) is 5.56 Å². The summed E-state index contributed by atoms with van der Waals surface area (Å²) in [7, 11) is 0. The van der Waals surface area contributed by atoms with E-state index in [0.29, 0.717) is 13.0 Å². The molecule has 1 atom stereocenters. The van der Waals surface area contributed by atoms with Gasteiger partial charge in [0, 0.05) is 17.8 Å². The molecule has 1 fully saturated rings. The lowest BCUT2D eigenvalue weighted by Gasteiger charge is -2.33. The number of hydrogen-bond acceptors (Lipinski definition) is 6. The Morgan fingerprint density at radius 2 is 1.91 bits per heavy atom. The summed E-state index contributed by atoms with van der Waals surface area (Å²) in [5, 5.41) is 5.79. The van der Waals surface area contributed by atoms with Crippen LogP contribution in [0.2, 0.25) is 10.0 Å². The first-order chi connectivity index (χ1) is 15.9. The smallest absolute Gasteiger partial charge is 0.385 e. The van der Waals surface area contributed by atoms with Crippen LogP contribution in [-0.2, 0) is 10.3 Å². The zero-order valence-corrected chi connectivity index (χ0v) is 18.3. The number of halogens is 7. The number of nitrogens with zero attached hydrogens (tertiary/aromatic N) is 1. The summed E-state index contributed by atoms with van der Waals surface area (Å²) in [6.07, 6.45) is -5.02. The van der Waals surface area contributed by atoms with Gasteiger partial charge in [0.15, 0.2) is 5.82 Å². The van der Waals surface area contributed by atoms with E-state index in [0.717, 1.165) is 12.1 Å². The number of benzene rings is 2. The zero-order chi connectivity index (χ0) is 24.8. The first-order valence-corrected chi connectivity index (χ1v) is 10.3. The van der Waals surface area contributed by atoms with Gasteiger partial charge >= 0.3 is 18.2 Å². The maximum Gasteiger partial charge on any atom is 0.491 e. The van der Waals surface area contributed by atoms with Crippen LogP contribution in [0.5, 0.6) is 6.01 Å². The zero-order valence-electron chi connectivity index (χ0n) is 16.7. The van der Waals surface area contributed by atoms with Gasteiger partial charge in [-0.1, -0.05) is 23.2 Å². The van der Waals surface area contributed by atoms with Gasteiger partial charge < -0.3 is 15.4 Å². The van der Waals surface area contributed by atoms with Crippen molar-refractivity contribution >= 4 is 45.8 Å². The molecule has 1 aliphatic rings. The van der Waals surface area contributed by atoms with Crippen molar-refractivity contribution in [3.63, 3.8) is 0 Å². The maximum atomic E-state index is 14.8. The molecule has 34 heavy (non-hydrogen) atoms. The molecule has 0 amide bonds. The third kappa shape index (κ3) is 4.40. The van der Waals surface area contributed by atoms with Crippen LogP contribution in [-0.4, -0.2) is 35.2 Å². The molecule has 0 spiro atoms. The van der Waals surface area contributed by atoms with Crippen molar-refractivity contribution in [3.8, 4) is 6.01 Å². The van der Waals surface area contributed by atoms with E-state index in [2.05, 4.69) is 20.4 Å². The Hall–Kier alpha value is -2.96. The highest BCUT2D eigenvalue weighted by molar-refractivity contribution is 6.42. The highest BCUT2D eigenvalue weighted by Gasteiger charge is 2.42. The van der Waals surface area contributed by atoms with E-state index in [-0.39, 0.29) is 33.2 Å². The molecule has 0 bridgehead atoms. The number of rotatable bonds is 4. The number of H-pyrrole nitrogens is 1. The average molecular weight is 523 g/mol. The second-order valence-electron chi connectivity index (χ2n) is 7.46. The first-order valence-electron chi connectivity index (χ1n) is 9.57. The summed E-state index contributed by atoms with van der Waals surface area (Å²) >= 11 is 12.3. The minimum Gasteiger partial charge on any atom is -0.385 e. The molecule has 14 heteroatoms. The van der Waals surface area contributed by atoms with E-state index in [4.69, 9.17) is 23.2 Å². The lowest BCUT2D eigenvalue weighted by atomic mass is 9.87. The van der Waals surface area contributed by atoms with Gasteiger partial charge in [0.2, 0.25) is 0 Å². The molecular formula is C20H13Cl2F5N4O3. The molecule has 3 aromatic rings. The lowest BCUT2D eigenvalue weighted by molar-refractivity contribution is -0.190. The molecule has 0 radical (unpaired) electrons. The SMILES string of the molecule is O=C(Oc1nc2c(F)cc(N[C@]3(c4c(F)ccc(Cl)c4Cl)CCNC3)cc2c(=O)[nH]1)C(F)(F)F. The number of anilines is 1. The van der Waals surface area contributed by atoms with Gasteiger partial charge in [-0.2, -0.15) is 18.2 Å². The lowest BCUT2D eigenvalue weighted by Crippen LogP contribution is -2.39. The Labute approximate surface area is 197 Å². The third-order valence-electron chi connectivity index (χ3n) is 5.22. The number of carbonyl (C=O) groups is 1. The fraction of sp³-hybridized carbons (Fsp3) is 0.250. The van der Waals surface area contributed by atoms with E-state index in [1.54, 1.807) is 0 Å². The fourth-order valence-corrected chi connectivity index (χ4v) is 4.25. The minimum atomic E-state index is -5.35. The summed E-state index contributed by atoms with van der Waals surface area (Å²) < 4.78 is 70.8. The van der Waals surface area contributed by atoms with Crippen molar-refractivity contribution in [2.75, 3.05) is 18.4 Å². The van der Waals surface area contributed by atoms with Crippen molar-refractivity contribution in [1.29, 1.82) is 0 Å². The average Bonchev–Trinajstić information content (AvgIpc) is 3.20. The molecule has 0 aliphatic carbocycles. The number of aromatic amines is 1. The first kappa shape index (κ1) is 24.2. The van der Waals surface area contributed by atoms with Gasteiger partial charge in [-0.15, -0.1) is 0 Å². The van der Waals surface area contributed by atoms with Gasteiger partial charge in [0.1, 0.15) is 11.3 Å². The van der Waals surface area contributed by atoms with Crippen LogP contribution in [0, 0.1) is 11.6 Å². The van der Waals surface area contributed by atoms with Gasteiger partial charge in [0.05, 0.1) is 21.0 Å². The Kier molecular flexibility index (Phi) is 6.17. The molecule has 2 heterocycles. The van der Waals surface area contributed by atoms with Crippen LogP contribution in [0.15, 0.2) is 29.1 Å². The van der Waals surface area contributed by atoms with Crippen LogP contribution in [0.1, 0.15) is 12.0 Å². The molecule has 180 valence electrons. The maximum absolute atomic E-state index is 14.8. The van der Waals surface area contributed by atoms with E-state index >= 15 is 0 Å². The van der Waals surface area contributed by atoms with Crippen LogP contribution < -0.4 is 20.9 Å². The number of alkyl halides is 3.